The van der Waals surface area contributed by atoms with Crippen molar-refractivity contribution < 1.29 is 14.7 Å². The lowest BCUT2D eigenvalue weighted by molar-refractivity contribution is -0.137. The molecule has 1 heterocycles. The van der Waals surface area contributed by atoms with Crippen molar-refractivity contribution in [2.75, 3.05) is 0 Å². The Morgan fingerprint density at radius 1 is 1.35 bits per heavy atom. The van der Waals surface area contributed by atoms with Crippen molar-refractivity contribution in [3.8, 4) is 0 Å². The Bertz CT molecular complexity index is 435. The van der Waals surface area contributed by atoms with Crippen LogP contribution in [0.2, 0.25) is 0 Å². The molecule has 1 aromatic heterocycles. The van der Waals surface area contributed by atoms with E-state index in [9.17, 15) is 9.59 Å². The molecule has 1 rings (SSSR count). The molecule has 0 aliphatic carbocycles. The molecule has 0 aromatic carbocycles. The van der Waals surface area contributed by atoms with Gasteiger partial charge >= 0.3 is 5.97 Å². The van der Waals surface area contributed by atoms with Gasteiger partial charge in [-0.25, -0.2) is 4.98 Å². The summed E-state index contributed by atoms with van der Waals surface area (Å²) in [5.74, 6) is -0.977. The second-order valence-electron chi connectivity index (χ2n) is 5.99. The molecule has 6 nitrogen and oxygen atoms in total. The SMILES string of the molecule is CC(C)(C)C(Cn1ccnc1)NC(=O)CCCC(=O)O. The summed E-state index contributed by atoms with van der Waals surface area (Å²) in [7, 11) is 0. The highest BCUT2D eigenvalue weighted by Crippen LogP contribution is 2.21. The molecule has 1 atom stereocenters. The van der Waals surface area contributed by atoms with Gasteiger partial charge in [-0.2, -0.15) is 0 Å². The van der Waals surface area contributed by atoms with Gasteiger partial charge in [-0.3, -0.25) is 9.59 Å². The number of carboxylic acids is 1. The van der Waals surface area contributed by atoms with E-state index in [0.717, 1.165) is 0 Å². The summed E-state index contributed by atoms with van der Waals surface area (Å²) in [5, 5.41) is 11.6. The van der Waals surface area contributed by atoms with Gasteiger partial charge in [0.1, 0.15) is 0 Å². The maximum absolute atomic E-state index is 11.9. The molecule has 6 heteroatoms. The van der Waals surface area contributed by atoms with Crippen LogP contribution in [0.1, 0.15) is 40.0 Å². The van der Waals surface area contributed by atoms with E-state index in [-0.39, 0.29) is 30.2 Å². The highest BCUT2D eigenvalue weighted by Gasteiger charge is 2.26. The highest BCUT2D eigenvalue weighted by molar-refractivity contribution is 5.77. The van der Waals surface area contributed by atoms with Crippen molar-refractivity contribution in [2.24, 2.45) is 5.41 Å². The molecule has 0 saturated carbocycles. The third-order valence-corrected chi connectivity index (χ3v) is 3.13. The minimum absolute atomic E-state index is 0.0229. The number of nitrogens with one attached hydrogen (secondary N) is 1. The highest BCUT2D eigenvalue weighted by atomic mass is 16.4. The summed E-state index contributed by atoms with van der Waals surface area (Å²) in [6.45, 7) is 6.83. The molecule has 0 bridgehead atoms. The number of rotatable bonds is 7. The number of amides is 1. The number of aliphatic carboxylic acids is 1. The quantitative estimate of drug-likeness (QED) is 0.796. The number of hydrogen-bond donors (Lipinski definition) is 2. The molecular formula is C14H23N3O3. The monoisotopic (exact) mass is 281 g/mol. The van der Waals surface area contributed by atoms with E-state index in [0.29, 0.717) is 13.0 Å². The van der Waals surface area contributed by atoms with Crippen LogP contribution < -0.4 is 5.32 Å². The minimum Gasteiger partial charge on any atom is -0.481 e. The van der Waals surface area contributed by atoms with Crippen LogP contribution in [0.3, 0.4) is 0 Å². The Hall–Kier alpha value is -1.85. The first-order valence-electron chi connectivity index (χ1n) is 6.76. The summed E-state index contributed by atoms with van der Waals surface area (Å²) >= 11 is 0. The second-order valence-corrected chi connectivity index (χ2v) is 5.99. The van der Waals surface area contributed by atoms with Gasteiger partial charge in [0, 0.05) is 31.8 Å². The van der Waals surface area contributed by atoms with Crippen molar-refractivity contribution >= 4 is 11.9 Å². The van der Waals surface area contributed by atoms with Gasteiger partial charge in [-0.05, 0) is 11.8 Å². The topological polar surface area (TPSA) is 84.2 Å². The maximum Gasteiger partial charge on any atom is 0.303 e. The van der Waals surface area contributed by atoms with E-state index >= 15 is 0 Å². The molecule has 20 heavy (non-hydrogen) atoms. The van der Waals surface area contributed by atoms with Crippen LogP contribution in [-0.2, 0) is 16.1 Å². The van der Waals surface area contributed by atoms with Crippen LogP contribution in [0.15, 0.2) is 18.7 Å². The fourth-order valence-corrected chi connectivity index (χ4v) is 1.81. The molecule has 112 valence electrons. The van der Waals surface area contributed by atoms with Gasteiger partial charge in [-0.15, -0.1) is 0 Å². The Morgan fingerprint density at radius 2 is 2.05 bits per heavy atom. The zero-order valence-corrected chi connectivity index (χ0v) is 12.3. The van der Waals surface area contributed by atoms with Crippen molar-refractivity contribution in [1.82, 2.24) is 14.9 Å². The number of aromatic nitrogens is 2. The number of carboxylic acid groups (broad SMARTS) is 1. The fourth-order valence-electron chi connectivity index (χ4n) is 1.81. The Morgan fingerprint density at radius 3 is 2.55 bits per heavy atom. The molecule has 0 aliphatic rings. The first-order valence-corrected chi connectivity index (χ1v) is 6.76. The summed E-state index contributed by atoms with van der Waals surface area (Å²) < 4.78 is 1.92. The van der Waals surface area contributed by atoms with Crippen molar-refractivity contribution in [3.05, 3.63) is 18.7 Å². The summed E-state index contributed by atoms with van der Waals surface area (Å²) in [5.41, 5.74) is -0.0905. The molecule has 1 unspecified atom stereocenters. The average Bonchev–Trinajstić information content (AvgIpc) is 2.79. The predicted octanol–water partition coefficient (Wildman–Crippen LogP) is 1.67. The van der Waals surface area contributed by atoms with Gasteiger partial charge in [0.2, 0.25) is 5.91 Å². The number of carbonyl (C=O) groups is 2. The number of imidazole rings is 1. The van der Waals surface area contributed by atoms with E-state index in [2.05, 4.69) is 31.1 Å². The fraction of sp³-hybridized carbons (Fsp3) is 0.643. The largest absolute Gasteiger partial charge is 0.481 e. The average molecular weight is 281 g/mol. The van der Waals surface area contributed by atoms with Gasteiger partial charge in [-0.1, -0.05) is 20.8 Å². The van der Waals surface area contributed by atoms with Crippen LogP contribution in [0, 0.1) is 5.41 Å². The Balaban J connectivity index is 2.52. The zero-order valence-electron chi connectivity index (χ0n) is 12.3. The first-order chi connectivity index (χ1) is 9.29. The summed E-state index contributed by atoms with van der Waals surface area (Å²) in [6, 6.07) is -0.0333. The summed E-state index contributed by atoms with van der Waals surface area (Å²) in [4.78, 5) is 26.3. The lowest BCUT2D eigenvalue weighted by Gasteiger charge is -2.31. The number of nitrogens with zero attached hydrogens (tertiary/aromatic N) is 2. The van der Waals surface area contributed by atoms with Crippen LogP contribution in [0.25, 0.3) is 0 Å². The molecule has 1 aromatic rings. The van der Waals surface area contributed by atoms with Crippen LogP contribution in [-0.4, -0.2) is 32.6 Å². The smallest absolute Gasteiger partial charge is 0.303 e. The third kappa shape index (κ3) is 5.86. The van der Waals surface area contributed by atoms with Gasteiger partial charge in [0.05, 0.1) is 12.4 Å². The predicted molar refractivity (Wildman–Crippen MR) is 75.1 cm³/mol. The van der Waals surface area contributed by atoms with Crippen LogP contribution in [0.4, 0.5) is 0 Å². The van der Waals surface area contributed by atoms with Crippen LogP contribution in [0.5, 0.6) is 0 Å². The third-order valence-electron chi connectivity index (χ3n) is 3.13. The van der Waals surface area contributed by atoms with Crippen LogP contribution >= 0.6 is 0 Å². The van der Waals surface area contributed by atoms with Gasteiger partial charge in [0.25, 0.3) is 0 Å². The van der Waals surface area contributed by atoms with E-state index < -0.39 is 5.97 Å². The second kappa shape index (κ2) is 7.07. The molecule has 0 fully saturated rings. The first kappa shape index (κ1) is 16.2. The lowest BCUT2D eigenvalue weighted by atomic mass is 9.86. The van der Waals surface area contributed by atoms with Crippen molar-refractivity contribution in [2.45, 2.75) is 52.6 Å². The zero-order chi connectivity index (χ0) is 15.2. The minimum atomic E-state index is -0.872. The van der Waals surface area contributed by atoms with E-state index in [1.54, 1.807) is 12.5 Å². The molecule has 1 amide bonds. The van der Waals surface area contributed by atoms with Gasteiger partial charge in [0.15, 0.2) is 0 Å². The maximum atomic E-state index is 11.9. The molecular weight excluding hydrogens is 258 g/mol. The number of carbonyl (C=O) groups excluding carboxylic acids is 1. The van der Waals surface area contributed by atoms with Crippen molar-refractivity contribution in [1.29, 1.82) is 0 Å². The van der Waals surface area contributed by atoms with Gasteiger partial charge < -0.3 is 15.0 Å². The molecule has 2 N–H and O–H groups in total. The Kier molecular flexibility index (Phi) is 5.73. The molecule has 0 aliphatic heterocycles. The lowest BCUT2D eigenvalue weighted by Crippen LogP contribution is -2.46. The van der Waals surface area contributed by atoms with Crippen molar-refractivity contribution in [3.63, 3.8) is 0 Å². The standard InChI is InChI=1S/C14H23N3O3/c1-14(2,3)11(9-17-8-7-15-10-17)16-12(18)5-4-6-13(19)20/h7-8,10-11H,4-6,9H2,1-3H3,(H,16,18)(H,19,20). The Labute approximate surface area is 119 Å². The molecule has 0 spiro atoms. The molecule has 0 saturated heterocycles. The summed E-state index contributed by atoms with van der Waals surface area (Å²) in [6.07, 6.45) is 5.90. The van der Waals surface area contributed by atoms with E-state index in [1.165, 1.54) is 0 Å². The van der Waals surface area contributed by atoms with E-state index in [4.69, 9.17) is 5.11 Å². The van der Waals surface area contributed by atoms with E-state index in [1.807, 2.05) is 10.8 Å². The normalized spacial score (nSPS) is 12.9. The number of hydrogen-bond acceptors (Lipinski definition) is 3. The molecule has 0 radical (unpaired) electrons.